The standard InChI is InChI=1S/C19H22N4O3S2/c1-2-3-5-10-23-18(26)14(28-19(23)27)12-13-16(20-8-11-24)21-15-7-4-6-9-22(15)17(13)25/h4,6-7,9,12,20,24H,2-3,5,8,10-11H2,1H3. The third kappa shape index (κ3) is 4.26. The lowest BCUT2D eigenvalue weighted by Crippen LogP contribution is -2.29. The first-order chi connectivity index (χ1) is 13.6. The summed E-state index contributed by atoms with van der Waals surface area (Å²) in [6.45, 7) is 2.83. The highest BCUT2D eigenvalue weighted by Crippen LogP contribution is 2.33. The Balaban J connectivity index is 2.00. The van der Waals surface area contributed by atoms with Gasteiger partial charge in [-0.05, 0) is 24.6 Å². The number of thioether (sulfide) groups is 1. The number of aliphatic hydroxyl groups is 1. The minimum Gasteiger partial charge on any atom is -0.395 e. The van der Waals surface area contributed by atoms with Gasteiger partial charge in [-0.15, -0.1) is 0 Å². The first-order valence-electron chi connectivity index (χ1n) is 9.18. The maximum atomic E-state index is 13.0. The van der Waals surface area contributed by atoms with E-state index in [-0.39, 0.29) is 30.2 Å². The number of carbonyl (C=O) groups is 1. The van der Waals surface area contributed by atoms with Crippen molar-refractivity contribution in [3.63, 3.8) is 0 Å². The monoisotopic (exact) mass is 418 g/mol. The van der Waals surface area contributed by atoms with E-state index in [2.05, 4.69) is 17.2 Å². The van der Waals surface area contributed by atoms with Gasteiger partial charge in [0, 0.05) is 19.3 Å². The first kappa shape index (κ1) is 20.5. The first-order valence-corrected chi connectivity index (χ1v) is 10.4. The third-order valence-corrected chi connectivity index (χ3v) is 5.69. The van der Waals surface area contributed by atoms with Crippen molar-refractivity contribution in [1.82, 2.24) is 14.3 Å². The second kappa shape index (κ2) is 9.31. The molecule has 148 valence electrons. The molecule has 0 atom stereocenters. The molecule has 2 aromatic rings. The molecular weight excluding hydrogens is 396 g/mol. The number of aliphatic hydroxyl groups excluding tert-OH is 1. The average molecular weight is 419 g/mol. The predicted molar refractivity (Wildman–Crippen MR) is 116 cm³/mol. The number of anilines is 1. The number of fused-ring (bicyclic) bond motifs is 1. The molecular formula is C19H22N4O3S2. The molecule has 3 rings (SSSR count). The van der Waals surface area contributed by atoms with Crippen molar-refractivity contribution in [2.75, 3.05) is 25.0 Å². The van der Waals surface area contributed by atoms with E-state index in [0.717, 1.165) is 19.3 Å². The molecule has 0 aliphatic carbocycles. The Bertz CT molecular complexity index is 987. The van der Waals surface area contributed by atoms with Crippen molar-refractivity contribution in [2.24, 2.45) is 0 Å². The van der Waals surface area contributed by atoms with Crippen LogP contribution in [0.25, 0.3) is 11.7 Å². The molecule has 1 aliphatic rings. The number of amides is 1. The molecule has 1 amide bonds. The Hall–Kier alpha value is -2.23. The summed E-state index contributed by atoms with van der Waals surface area (Å²) in [5.74, 6) is 0.151. The maximum Gasteiger partial charge on any atom is 0.267 e. The number of unbranched alkanes of at least 4 members (excludes halogenated alkanes) is 2. The summed E-state index contributed by atoms with van der Waals surface area (Å²) in [5.41, 5.74) is 0.464. The van der Waals surface area contributed by atoms with Crippen LogP contribution in [0, 0.1) is 0 Å². The Morgan fingerprint density at radius 3 is 2.89 bits per heavy atom. The molecule has 1 fully saturated rings. The van der Waals surface area contributed by atoms with E-state index < -0.39 is 0 Å². The van der Waals surface area contributed by atoms with Gasteiger partial charge in [0.1, 0.15) is 15.8 Å². The lowest BCUT2D eigenvalue weighted by molar-refractivity contribution is -0.122. The Morgan fingerprint density at radius 2 is 2.14 bits per heavy atom. The van der Waals surface area contributed by atoms with Crippen LogP contribution < -0.4 is 10.9 Å². The van der Waals surface area contributed by atoms with E-state index in [1.54, 1.807) is 35.4 Å². The lowest BCUT2D eigenvalue weighted by atomic mass is 10.2. The van der Waals surface area contributed by atoms with E-state index in [9.17, 15) is 9.59 Å². The molecule has 0 radical (unpaired) electrons. The van der Waals surface area contributed by atoms with Gasteiger partial charge >= 0.3 is 0 Å². The zero-order valence-electron chi connectivity index (χ0n) is 15.6. The van der Waals surface area contributed by atoms with Gasteiger partial charge in [0.2, 0.25) is 0 Å². The van der Waals surface area contributed by atoms with Gasteiger partial charge < -0.3 is 10.4 Å². The van der Waals surface area contributed by atoms with Gasteiger partial charge in [0.15, 0.2) is 0 Å². The fourth-order valence-corrected chi connectivity index (χ4v) is 4.18. The summed E-state index contributed by atoms with van der Waals surface area (Å²) < 4.78 is 1.93. The number of rotatable bonds is 8. The molecule has 2 N–H and O–H groups in total. The second-order valence-corrected chi connectivity index (χ2v) is 7.97. The fourth-order valence-electron chi connectivity index (χ4n) is 2.89. The van der Waals surface area contributed by atoms with E-state index in [0.29, 0.717) is 27.2 Å². The zero-order valence-corrected chi connectivity index (χ0v) is 17.2. The van der Waals surface area contributed by atoms with Crippen molar-refractivity contribution in [3.05, 3.63) is 45.2 Å². The van der Waals surface area contributed by atoms with E-state index >= 15 is 0 Å². The van der Waals surface area contributed by atoms with E-state index in [4.69, 9.17) is 17.3 Å². The highest BCUT2D eigenvalue weighted by molar-refractivity contribution is 8.26. The molecule has 2 aromatic heterocycles. The van der Waals surface area contributed by atoms with Crippen LogP contribution in [0.15, 0.2) is 34.1 Å². The van der Waals surface area contributed by atoms with Gasteiger partial charge in [-0.2, -0.15) is 0 Å². The number of pyridine rings is 1. The number of thiocarbonyl (C=S) groups is 1. The van der Waals surface area contributed by atoms with Crippen LogP contribution in [-0.2, 0) is 4.79 Å². The van der Waals surface area contributed by atoms with Crippen LogP contribution >= 0.6 is 24.0 Å². The number of carbonyl (C=O) groups excluding carboxylic acids is 1. The van der Waals surface area contributed by atoms with Crippen molar-refractivity contribution < 1.29 is 9.90 Å². The van der Waals surface area contributed by atoms with Crippen molar-refractivity contribution in [1.29, 1.82) is 0 Å². The summed E-state index contributed by atoms with van der Waals surface area (Å²) in [7, 11) is 0. The highest BCUT2D eigenvalue weighted by Gasteiger charge is 2.32. The van der Waals surface area contributed by atoms with Crippen molar-refractivity contribution >= 4 is 51.7 Å². The maximum absolute atomic E-state index is 13.0. The van der Waals surface area contributed by atoms with Crippen molar-refractivity contribution in [3.8, 4) is 0 Å². The van der Waals surface area contributed by atoms with Gasteiger partial charge in [-0.3, -0.25) is 18.9 Å². The van der Waals surface area contributed by atoms with E-state index in [1.165, 1.54) is 16.2 Å². The molecule has 0 saturated carbocycles. The summed E-state index contributed by atoms with van der Waals surface area (Å²) in [5, 5.41) is 12.1. The largest absolute Gasteiger partial charge is 0.395 e. The molecule has 7 nitrogen and oxygen atoms in total. The zero-order chi connectivity index (χ0) is 20.1. The molecule has 3 heterocycles. The van der Waals surface area contributed by atoms with Gasteiger partial charge in [-0.25, -0.2) is 4.98 Å². The third-order valence-electron chi connectivity index (χ3n) is 4.31. The molecule has 1 saturated heterocycles. The predicted octanol–water partition coefficient (Wildman–Crippen LogP) is 2.49. The fraction of sp³-hybridized carbons (Fsp3) is 0.368. The van der Waals surface area contributed by atoms with Crippen LogP contribution in [-0.4, -0.2) is 49.3 Å². The lowest BCUT2D eigenvalue weighted by Gasteiger charge is -2.13. The Morgan fingerprint density at radius 1 is 1.32 bits per heavy atom. The van der Waals surface area contributed by atoms with Crippen LogP contribution in [0.3, 0.4) is 0 Å². The number of aromatic nitrogens is 2. The molecule has 0 aromatic carbocycles. The number of nitrogens with one attached hydrogen (secondary N) is 1. The smallest absolute Gasteiger partial charge is 0.267 e. The number of hydrogen-bond acceptors (Lipinski definition) is 7. The van der Waals surface area contributed by atoms with Gasteiger partial charge in [0.05, 0.1) is 17.1 Å². The number of nitrogens with zero attached hydrogens (tertiary/aromatic N) is 3. The molecule has 28 heavy (non-hydrogen) atoms. The van der Waals surface area contributed by atoms with Crippen LogP contribution in [0.1, 0.15) is 31.7 Å². The topological polar surface area (TPSA) is 86.9 Å². The highest BCUT2D eigenvalue weighted by atomic mass is 32.2. The van der Waals surface area contributed by atoms with Gasteiger partial charge in [0.25, 0.3) is 11.5 Å². The van der Waals surface area contributed by atoms with E-state index in [1.807, 2.05) is 0 Å². The molecule has 0 unspecified atom stereocenters. The summed E-state index contributed by atoms with van der Waals surface area (Å²) in [6.07, 6.45) is 6.16. The summed E-state index contributed by atoms with van der Waals surface area (Å²) >= 11 is 6.55. The second-order valence-electron chi connectivity index (χ2n) is 6.30. The number of hydrogen-bond donors (Lipinski definition) is 2. The van der Waals surface area contributed by atoms with Crippen LogP contribution in [0.5, 0.6) is 0 Å². The Labute approximate surface area is 172 Å². The molecule has 0 bridgehead atoms. The summed E-state index contributed by atoms with van der Waals surface area (Å²) in [6, 6.07) is 5.26. The SMILES string of the molecule is CCCCCN1C(=O)C(=Cc2c(NCCO)nc3ccccn3c2=O)SC1=S. The van der Waals surface area contributed by atoms with Crippen molar-refractivity contribution in [2.45, 2.75) is 26.2 Å². The minimum absolute atomic E-state index is 0.102. The quantitative estimate of drug-likeness (QED) is 0.387. The minimum atomic E-state index is -0.290. The molecule has 0 spiro atoms. The van der Waals surface area contributed by atoms with Gasteiger partial charge in [-0.1, -0.05) is 49.8 Å². The average Bonchev–Trinajstić information content (AvgIpc) is 2.96. The molecule has 9 heteroatoms. The molecule has 1 aliphatic heterocycles. The van der Waals surface area contributed by atoms with Crippen LogP contribution in [0.4, 0.5) is 5.82 Å². The normalized spacial score (nSPS) is 15.8. The Kier molecular flexibility index (Phi) is 6.82. The van der Waals surface area contributed by atoms with Crippen LogP contribution in [0.2, 0.25) is 0 Å². The summed E-state index contributed by atoms with van der Waals surface area (Å²) in [4.78, 5) is 32.2.